The molecule has 0 aliphatic carbocycles. The van der Waals surface area contributed by atoms with Gasteiger partial charge in [0.25, 0.3) is 5.69 Å². The van der Waals surface area contributed by atoms with Crippen molar-refractivity contribution in [2.75, 3.05) is 7.11 Å². The van der Waals surface area contributed by atoms with Gasteiger partial charge in [-0.3, -0.25) is 14.9 Å². The summed E-state index contributed by atoms with van der Waals surface area (Å²) < 4.78 is 10.5. The van der Waals surface area contributed by atoms with Gasteiger partial charge in [-0.25, -0.2) is 0 Å². The van der Waals surface area contributed by atoms with E-state index in [4.69, 9.17) is 9.47 Å². The number of unbranched alkanes of at least 4 members (excludes halogenated alkanes) is 5. The van der Waals surface area contributed by atoms with Gasteiger partial charge in [0.1, 0.15) is 11.5 Å². The molecule has 33 heavy (non-hydrogen) atoms. The minimum absolute atomic E-state index is 0.0451. The molecule has 0 aromatic heterocycles. The highest BCUT2D eigenvalue weighted by Crippen LogP contribution is 2.24. The average Bonchev–Trinajstić information content (AvgIpc) is 2.83. The lowest BCUT2D eigenvalue weighted by atomic mass is 9.98. The zero-order chi connectivity index (χ0) is 23.9. The lowest BCUT2D eigenvalue weighted by molar-refractivity contribution is -0.384. The van der Waals surface area contributed by atoms with E-state index in [0.717, 1.165) is 24.2 Å². The molecule has 0 unspecified atom stereocenters. The van der Waals surface area contributed by atoms with Crippen molar-refractivity contribution >= 4 is 17.2 Å². The Hall–Kier alpha value is -3.41. The topological polar surface area (TPSA) is 78.7 Å². The van der Waals surface area contributed by atoms with Crippen molar-refractivity contribution in [1.82, 2.24) is 0 Å². The van der Waals surface area contributed by atoms with Crippen molar-refractivity contribution < 1.29 is 19.2 Å². The van der Waals surface area contributed by atoms with E-state index in [1.165, 1.54) is 61.9 Å². The third kappa shape index (κ3) is 9.73. The molecule has 2 aromatic rings. The van der Waals surface area contributed by atoms with Crippen molar-refractivity contribution in [1.29, 1.82) is 0 Å². The molecular weight excluding hydrogens is 418 g/mol. The molecule has 0 saturated heterocycles. The number of hydrogen-bond donors (Lipinski definition) is 0. The summed E-state index contributed by atoms with van der Waals surface area (Å²) in [7, 11) is 1.65. The van der Waals surface area contributed by atoms with Crippen molar-refractivity contribution in [3.05, 3.63) is 82.4 Å². The Morgan fingerprint density at radius 1 is 0.939 bits per heavy atom. The monoisotopic (exact) mass is 451 g/mol. The molecule has 0 spiro atoms. The normalized spacial score (nSPS) is 11.5. The van der Waals surface area contributed by atoms with Crippen LogP contribution >= 0.6 is 0 Å². The number of non-ortho nitro benzene ring substituents is 1. The molecule has 0 atom stereocenters. The third-order valence-corrected chi connectivity index (χ3v) is 5.26. The fraction of sp³-hybridized carbons (Fsp3) is 0.370. The standard InChI is InChI=1S/C27H33NO5/c1-3-4-5-6-7-8-11-22(23-14-18-25(32-2)19-15-23)12-9-10-13-27(29)33-26-20-16-24(17-21-26)28(30)31/h9-10,12,14-21H,3-8,11,13H2,1-2H3/b10-9+,22-12+. The first-order valence-electron chi connectivity index (χ1n) is 11.5. The highest BCUT2D eigenvalue weighted by atomic mass is 16.6. The Labute approximate surface area is 196 Å². The molecule has 0 heterocycles. The van der Waals surface area contributed by atoms with Crippen LogP contribution in [0.4, 0.5) is 5.69 Å². The van der Waals surface area contributed by atoms with Crippen LogP contribution in [0, 0.1) is 10.1 Å². The van der Waals surface area contributed by atoms with Gasteiger partial charge in [0.05, 0.1) is 18.5 Å². The van der Waals surface area contributed by atoms with Gasteiger partial charge in [0, 0.05) is 12.1 Å². The summed E-state index contributed by atoms with van der Waals surface area (Å²) in [5.74, 6) is 0.689. The predicted octanol–water partition coefficient (Wildman–Crippen LogP) is 7.29. The zero-order valence-corrected chi connectivity index (χ0v) is 19.5. The maximum Gasteiger partial charge on any atom is 0.315 e. The summed E-state index contributed by atoms with van der Waals surface area (Å²) in [6.45, 7) is 2.22. The van der Waals surface area contributed by atoms with E-state index in [9.17, 15) is 14.9 Å². The molecule has 0 aliphatic heterocycles. The number of hydrogen-bond acceptors (Lipinski definition) is 5. The van der Waals surface area contributed by atoms with Gasteiger partial charge in [0.2, 0.25) is 0 Å². The van der Waals surface area contributed by atoms with E-state index < -0.39 is 10.9 Å². The zero-order valence-electron chi connectivity index (χ0n) is 19.5. The number of carbonyl (C=O) groups is 1. The molecule has 0 radical (unpaired) electrons. The highest BCUT2D eigenvalue weighted by Gasteiger charge is 2.07. The summed E-state index contributed by atoms with van der Waals surface area (Å²) in [5, 5.41) is 10.7. The highest BCUT2D eigenvalue weighted by molar-refractivity contribution is 5.74. The summed E-state index contributed by atoms with van der Waals surface area (Å²) in [6, 6.07) is 13.5. The van der Waals surface area contributed by atoms with Gasteiger partial charge in [-0.1, -0.05) is 69.4 Å². The van der Waals surface area contributed by atoms with E-state index in [0.29, 0.717) is 0 Å². The van der Waals surface area contributed by atoms with Crippen LogP contribution in [0.5, 0.6) is 11.5 Å². The van der Waals surface area contributed by atoms with E-state index >= 15 is 0 Å². The number of esters is 1. The smallest absolute Gasteiger partial charge is 0.315 e. The fourth-order valence-electron chi connectivity index (χ4n) is 3.38. The third-order valence-electron chi connectivity index (χ3n) is 5.26. The van der Waals surface area contributed by atoms with Gasteiger partial charge in [-0.05, 0) is 48.2 Å². The largest absolute Gasteiger partial charge is 0.497 e. The molecule has 0 bridgehead atoms. The van der Waals surface area contributed by atoms with Crippen LogP contribution in [0.3, 0.4) is 0 Å². The first kappa shape index (κ1) is 25.8. The quantitative estimate of drug-likeness (QED) is 0.0752. The molecule has 0 fully saturated rings. The lowest BCUT2D eigenvalue weighted by Crippen LogP contribution is -2.06. The number of benzene rings is 2. The summed E-state index contributed by atoms with van der Waals surface area (Å²) in [4.78, 5) is 22.3. The van der Waals surface area contributed by atoms with E-state index in [1.807, 2.05) is 24.3 Å². The number of ether oxygens (including phenoxy) is 2. The van der Waals surface area contributed by atoms with Crippen molar-refractivity contribution in [3.8, 4) is 11.5 Å². The Bertz CT molecular complexity index is 930. The van der Waals surface area contributed by atoms with Crippen molar-refractivity contribution in [3.63, 3.8) is 0 Å². The van der Waals surface area contributed by atoms with Gasteiger partial charge in [-0.2, -0.15) is 0 Å². The molecular formula is C27H33NO5. The molecule has 176 valence electrons. The number of methoxy groups -OCH3 is 1. The van der Waals surface area contributed by atoms with Crippen LogP contribution in [-0.4, -0.2) is 18.0 Å². The van der Waals surface area contributed by atoms with Gasteiger partial charge in [-0.15, -0.1) is 0 Å². The van der Waals surface area contributed by atoms with E-state index in [1.54, 1.807) is 13.2 Å². The van der Waals surface area contributed by atoms with Crippen LogP contribution in [-0.2, 0) is 4.79 Å². The van der Waals surface area contributed by atoms with Gasteiger partial charge >= 0.3 is 5.97 Å². The fourth-order valence-corrected chi connectivity index (χ4v) is 3.38. The van der Waals surface area contributed by atoms with Crippen LogP contribution < -0.4 is 9.47 Å². The lowest BCUT2D eigenvalue weighted by Gasteiger charge is -2.09. The molecule has 2 aromatic carbocycles. The van der Waals surface area contributed by atoms with E-state index in [2.05, 4.69) is 19.1 Å². The second kappa shape index (κ2) is 14.6. The number of nitro groups is 1. The molecule has 6 heteroatoms. The van der Waals surface area contributed by atoms with Crippen molar-refractivity contribution in [2.45, 2.75) is 58.3 Å². The predicted molar refractivity (Wildman–Crippen MR) is 131 cm³/mol. The molecule has 0 amide bonds. The minimum atomic E-state index is -0.494. The van der Waals surface area contributed by atoms with Crippen LogP contribution in [0.2, 0.25) is 0 Å². The van der Waals surface area contributed by atoms with Crippen molar-refractivity contribution in [2.24, 2.45) is 0 Å². The Balaban J connectivity index is 1.93. The number of carbonyl (C=O) groups excluding carboxylic acids is 1. The SMILES string of the molecule is CCCCCCCC/C(=C\C=C\CC(=O)Oc1ccc([N+](=O)[O-])cc1)c1ccc(OC)cc1. The number of nitro benzene ring substituents is 1. The molecule has 0 N–H and O–H groups in total. The second-order valence-corrected chi connectivity index (χ2v) is 7.80. The summed E-state index contributed by atoms with van der Waals surface area (Å²) >= 11 is 0. The maximum atomic E-state index is 12.1. The van der Waals surface area contributed by atoms with Crippen LogP contribution in [0.25, 0.3) is 5.57 Å². The first-order valence-corrected chi connectivity index (χ1v) is 11.5. The van der Waals surface area contributed by atoms with Gasteiger partial charge < -0.3 is 9.47 Å². The Morgan fingerprint density at radius 3 is 2.21 bits per heavy atom. The second-order valence-electron chi connectivity index (χ2n) is 7.80. The Kier molecular flexibility index (Phi) is 11.4. The van der Waals surface area contributed by atoms with Gasteiger partial charge in [0.15, 0.2) is 0 Å². The molecule has 2 rings (SSSR count). The number of allylic oxidation sites excluding steroid dienone is 3. The number of rotatable bonds is 14. The summed E-state index contributed by atoms with van der Waals surface area (Å²) in [5.41, 5.74) is 2.31. The number of nitrogens with zero attached hydrogens (tertiary/aromatic N) is 1. The molecule has 0 saturated carbocycles. The summed E-state index contributed by atoms with van der Waals surface area (Å²) in [6.07, 6.45) is 14.2. The minimum Gasteiger partial charge on any atom is -0.497 e. The average molecular weight is 452 g/mol. The van der Waals surface area contributed by atoms with Crippen LogP contribution in [0.1, 0.15) is 63.9 Å². The Morgan fingerprint density at radius 2 is 1.58 bits per heavy atom. The van der Waals surface area contributed by atoms with Crippen LogP contribution in [0.15, 0.2) is 66.8 Å². The first-order chi connectivity index (χ1) is 16.0. The molecule has 6 nitrogen and oxygen atoms in total. The maximum absolute atomic E-state index is 12.1. The molecule has 0 aliphatic rings. The van der Waals surface area contributed by atoms with E-state index in [-0.39, 0.29) is 17.9 Å².